The molecule has 0 radical (unpaired) electrons. The lowest BCUT2D eigenvalue weighted by atomic mass is 9.77. The maximum Gasteiger partial charge on any atom is 0.230 e. The quantitative estimate of drug-likeness (QED) is 0.835. The third-order valence-corrected chi connectivity index (χ3v) is 6.21. The number of carbonyl (C=O) groups excluding carboxylic acids is 2. The summed E-state index contributed by atoms with van der Waals surface area (Å²) < 4.78 is 0. The van der Waals surface area contributed by atoms with E-state index in [0.29, 0.717) is 18.1 Å². The van der Waals surface area contributed by atoms with Crippen LogP contribution < -0.4 is 10.2 Å². The predicted octanol–water partition coefficient (Wildman–Crippen LogP) is 4.35. The van der Waals surface area contributed by atoms with Gasteiger partial charge in [0.05, 0.1) is 5.92 Å². The van der Waals surface area contributed by atoms with Crippen LogP contribution in [0.3, 0.4) is 0 Å². The number of nitrogens with one attached hydrogen (secondary N) is 1. The second-order valence-electron chi connectivity index (χ2n) is 7.71. The summed E-state index contributed by atoms with van der Waals surface area (Å²) in [6, 6.07) is 15.5. The zero-order valence-corrected chi connectivity index (χ0v) is 16.6. The second-order valence-corrected chi connectivity index (χ2v) is 8.15. The van der Waals surface area contributed by atoms with Gasteiger partial charge in [0.15, 0.2) is 0 Å². The molecule has 1 saturated carbocycles. The van der Waals surface area contributed by atoms with Crippen LogP contribution in [0.25, 0.3) is 0 Å². The fourth-order valence-electron chi connectivity index (χ4n) is 4.43. The van der Waals surface area contributed by atoms with Crippen LogP contribution in [0.2, 0.25) is 5.02 Å². The average Bonchev–Trinajstić information content (AvgIpc) is 3.17. The van der Waals surface area contributed by atoms with Crippen LogP contribution in [0, 0.1) is 11.8 Å². The van der Waals surface area contributed by atoms with Crippen LogP contribution in [-0.4, -0.2) is 18.4 Å². The smallest absolute Gasteiger partial charge is 0.230 e. The van der Waals surface area contributed by atoms with Gasteiger partial charge in [-0.1, -0.05) is 54.8 Å². The summed E-state index contributed by atoms with van der Waals surface area (Å²) in [5.74, 6) is -0.386. The number of hydrogen-bond acceptors (Lipinski definition) is 2. The SMILES string of the molecule is O=C(NCc1ccc(Cl)cc1)C1CCCCC1C(=O)N1CCc2ccccc21. The van der Waals surface area contributed by atoms with Crippen molar-refractivity contribution < 1.29 is 9.59 Å². The average molecular weight is 397 g/mol. The Kier molecular flexibility index (Phi) is 5.67. The van der Waals surface area contributed by atoms with Gasteiger partial charge in [0.25, 0.3) is 0 Å². The van der Waals surface area contributed by atoms with Crippen LogP contribution in [-0.2, 0) is 22.6 Å². The first-order chi connectivity index (χ1) is 13.6. The van der Waals surface area contributed by atoms with Gasteiger partial charge >= 0.3 is 0 Å². The monoisotopic (exact) mass is 396 g/mol. The van der Waals surface area contributed by atoms with Crippen LogP contribution >= 0.6 is 11.6 Å². The Bertz CT molecular complexity index is 865. The molecular formula is C23H25ClN2O2. The van der Waals surface area contributed by atoms with Crippen LogP contribution in [0.5, 0.6) is 0 Å². The van der Waals surface area contributed by atoms with Crippen molar-refractivity contribution in [1.29, 1.82) is 0 Å². The highest BCUT2D eigenvalue weighted by atomic mass is 35.5. The molecule has 28 heavy (non-hydrogen) atoms. The van der Waals surface area contributed by atoms with E-state index in [4.69, 9.17) is 11.6 Å². The molecule has 2 aliphatic rings. The lowest BCUT2D eigenvalue weighted by Crippen LogP contribution is -2.45. The van der Waals surface area contributed by atoms with E-state index in [1.54, 1.807) is 0 Å². The van der Waals surface area contributed by atoms with Crippen molar-refractivity contribution in [3.05, 3.63) is 64.7 Å². The lowest BCUT2D eigenvalue weighted by molar-refractivity contribution is -0.135. The minimum Gasteiger partial charge on any atom is -0.352 e. The number of nitrogens with zero attached hydrogens (tertiary/aromatic N) is 1. The standard InChI is InChI=1S/C23H25ClN2O2/c24-18-11-9-16(10-12-18)15-25-22(27)19-6-2-3-7-20(19)23(28)26-14-13-17-5-1-4-8-21(17)26/h1,4-5,8-12,19-20H,2-3,6-7,13-15H2,(H,25,27). The van der Waals surface area contributed by atoms with E-state index in [1.807, 2.05) is 47.4 Å². The lowest BCUT2D eigenvalue weighted by Gasteiger charge is -2.32. The number of hydrogen-bond donors (Lipinski definition) is 1. The van der Waals surface area contributed by atoms with Gasteiger partial charge in [-0.25, -0.2) is 0 Å². The van der Waals surface area contributed by atoms with Crippen LogP contribution in [0.15, 0.2) is 48.5 Å². The molecule has 1 fully saturated rings. The first-order valence-corrected chi connectivity index (χ1v) is 10.4. The van der Waals surface area contributed by atoms with E-state index in [0.717, 1.165) is 43.4 Å². The van der Waals surface area contributed by atoms with Crippen LogP contribution in [0.1, 0.15) is 36.8 Å². The number of amides is 2. The van der Waals surface area contributed by atoms with Crippen molar-refractivity contribution in [2.24, 2.45) is 11.8 Å². The molecule has 1 aliphatic heterocycles. The Hall–Kier alpha value is -2.33. The fourth-order valence-corrected chi connectivity index (χ4v) is 4.56. The van der Waals surface area contributed by atoms with E-state index >= 15 is 0 Å². The Morgan fingerprint density at radius 2 is 1.71 bits per heavy atom. The normalized spacial score (nSPS) is 21.2. The number of para-hydroxylation sites is 1. The van der Waals surface area contributed by atoms with Crippen molar-refractivity contribution in [3.63, 3.8) is 0 Å². The van der Waals surface area contributed by atoms with E-state index in [9.17, 15) is 9.59 Å². The number of halogens is 1. The summed E-state index contributed by atoms with van der Waals surface area (Å²) in [4.78, 5) is 28.1. The molecule has 0 bridgehead atoms. The fraction of sp³-hybridized carbons (Fsp3) is 0.391. The second kappa shape index (κ2) is 8.36. The van der Waals surface area contributed by atoms with Crippen molar-refractivity contribution in [2.75, 3.05) is 11.4 Å². The first-order valence-electron chi connectivity index (χ1n) is 10.0. The molecule has 2 amide bonds. The third kappa shape index (κ3) is 3.93. The molecule has 0 saturated heterocycles. The number of carbonyl (C=O) groups is 2. The van der Waals surface area contributed by atoms with E-state index in [-0.39, 0.29) is 23.7 Å². The molecule has 4 rings (SSSR count). The Labute approximate surface area is 170 Å². The summed E-state index contributed by atoms with van der Waals surface area (Å²) in [6.45, 7) is 1.17. The molecule has 1 N–H and O–H groups in total. The van der Waals surface area contributed by atoms with Crippen molar-refractivity contribution in [3.8, 4) is 0 Å². The van der Waals surface area contributed by atoms with Gasteiger partial charge in [-0.3, -0.25) is 9.59 Å². The van der Waals surface area contributed by atoms with Crippen LogP contribution in [0.4, 0.5) is 5.69 Å². The molecule has 0 aromatic heterocycles. The van der Waals surface area contributed by atoms with Gasteiger partial charge in [0.2, 0.25) is 11.8 Å². The van der Waals surface area contributed by atoms with Gasteiger partial charge < -0.3 is 10.2 Å². The van der Waals surface area contributed by atoms with Gasteiger partial charge in [-0.15, -0.1) is 0 Å². The molecule has 2 aromatic carbocycles. The Morgan fingerprint density at radius 3 is 2.50 bits per heavy atom. The highest BCUT2D eigenvalue weighted by Gasteiger charge is 2.39. The number of anilines is 1. The van der Waals surface area contributed by atoms with Crippen molar-refractivity contribution in [1.82, 2.24) is 5.32 Å². The first kappa shape index (κ1) is 19.0. The highest BCUT2D eigenvalue weighted by Crippen LogP contribution is 2.36. The molecule has 2 atom stereocenters. The molecule has 1 aliphatic carbocycles. The summed E-state index contributed by atoms with van der Waals surface area (Å²) in [6.07, 6.45) is 4.46. The summed E-state index contributed by atoms with van der Waals surface area (Å²) >= 11 is 5.92. The Morgan fingerprint density at radius 1 is 1.00 bits per heavy atom. The zero-order chi connectivity index (χ0) is 19.5. The minimum atomic E-state index is -0.249. The molecule has 146 valence electrons. The number of fused-ring (bicyclic) bond motifs is 1. The third-order valence-electron chi connectivity index (χ3n) is 5.95. The van der Waals surface area contributed by atoms with E-state index in [2.05, 4.69) is 11.4 Å². The topological polar surface area (TPSA) is 49.4 Å². The zero-order valence-electron chi connectivity index (χ0n) is 15.9. The van der Waals surface area contributed by atoms with E-state index in [1.165, 1.54) is 5.56 Å². The molecule has 5 heteroatoms. The highest BCUT2D eigenvalue weighted by molar-refractivity contribution is 6.30. The summed E-state index contributed by atoms with van der Waals surface area (Å²) in [5.41, 5.74) is 3.23. The molecule has 4 nitrogen and oxygen atoms in total. The van der Waals surface area contributed by atoms with Crippen molar-refractivity contribution >= 4 is 29.1 Å². The largest absolute Gasteiger partial charge is 0.352 e. The molecule has 0 spiro atoms. The summed E-state index contributed by atoms with van der Waals surface area (Å²) in [7, 11) is 0. The predicted molar refractivity (Wildman–Crippen MR) is 111 cm³/mol. The van der Waals surface area contributed by atoms with E-state index < -0.39 is 0 Å². The molecular weight excluding hydrogens is 372 g/mol. The molecule has 2 unspecified atom stereocenters. The number of rotatable bonds is 4. The van der Waals surface area contributed by atoms with Gasteiger partial charge in [-0.05, 0) is 48.6 Å². The molecule has 2 aromatic rings. The number of benzene rings is 2. The van der Waals surface area contributed by atoms with Gasteiger partial charge in [0, 0.05) is 29.7 Å². The Balaban J connectivity index is 1.44. The van der Waals surface area contributed by atoms with Gasteiger partial charge in [-0.2, -0.15) is 0 Å². The van der Waals surface area contributed by atoms with Gasteiger partial charge in [0.1, 0.15) is 0 Å². The summed E-state index contributed by atoms with van der Waals surface area (Å²) in [5, 5.41) is 3.71. The maximum atomic E-state index is 13.3. The maximum absolute atomic E-state index is 13.3. The molecule has 1 heterocycles. The van der Waals surface area contributed by atoms with Crippen molar-refractivity contribution in [2.45, 2.75) is 38.6 Å². The minimum absolute atomic E-state index is 0.0134.